The van der Waals surface area contributed by atoms with Gasteiger partial charge in [0.2, 0.25) is 5.01 Å². The van der Waals surface area contributed by atoms with Gasteiger partial charge in [-0.2, -0.15) is 0 Å². The second-order valence-electron chi connectivity index (χ2n) is 8.52. The summed E-state index contributed by atoms with van der Waals surface area (Å²) in [5.41, 5.74) is 3.88. The van der Waals surface area contributed by atoms with Crippen molar-refractivity contribution in [2.45, 2.75) is 57.5 Å². The van der Waals surface area contributed by atoms with Crippen LogP contribution in [0.5, 0.6) is 11.5 Å². The van der Waals surface area contributed by atoms with E-state index >= 15 is 0 Å². The summed E-state index contributed by atoms with van der Waals surface area (Å²) in [5, 5.41) is 2.42. The molecule has 3 heterocycles. The minimum absolute atomic E-state index is 0.164. The summed E-state index contributed by atoms with van der Waals surface area (Å²) in [4.78, 5) is 19.1. The molecule has 0 radical (unpaired) electrons. The van der Waals surface area contributed by atoms with E-state index in [2.05, 4.69) is 28.9 Å². The van der Waals surface area contributed by atoms with Crippen molar-refractivity contribution in [2.24, 2.45) is 0 Å². The van der Waals surface area contributed by atoms with Crippen LogP contribution in [-0.4, -0.2) is 42.2 Å². The first-order valence-corrected chi connectivity index (χ1v) is 11.8. The number of aromatic nitrogens is 1. The number of thiazole rings is 1. The fraction of sp³-hybridized carbons (Fsp3) is 0.565. The van der Waals surface area contributed by atoms with Crippen molar-refractivity contribution >= 4 is 17.3 Å². The van der Waals surface area contributed by atoms with E-state index in [9.17, 15) is 4.79 Å². The van der Waals surface area contributed by atoms with Gasteiger partial charge >= 0.3 is 5.97 Å². The molecule has 0 bridgehead atoms. The predicted molar refractivity (Wildman–Crippen MR) is 114 cm³/mol. The molecule has 6 nitrogen and oxygen atoms in total. The van der Waals surface area contributed by atoms with E-state index in [0.717, 1.165) is 30.3 Å². The summed E-state index contributed by atoms with van der Waals surface area (Å²) in [5.74, 6) is 1.42. The zero-order valence-electron chi connectivity index (χ0n) is 17.6. The van der Waals surface area contributed by atoms with E-state index < -0.39 is 0 Å². The molecule has 1 aliphatic carbocycles. The second kappa shape index (κ2) is 7.85. The van der Waals surface area contributed by atoms with Crippen LogP contribution in [0, 0.1) is 0 Å². The SMILES string of the molecule is CCOC(=O)c1nc(CN2CC3(CCCC3)c3cc4c(cc3C2C)OCCO4)cs1. The summed E-state index contributed by atoms with van der Waals surface area (Å²) in [6.07, 6.45) is 4.93. The molecule has 1 aromatic heterocycles. The molecule has 30 heavy (non-hydrogen) atoms. The maximum Gasteiger partial charge on any atom is 0.367 e. The lowest BCUT2D eigenvalue weighted by Gasteiger charge is -2.46. The molecular formula is C23H28N2O4S. The number of fused-ring (bicyclic) bond motifs is 3. The number of carbonyl (C=O) groups excluding carboxylic acids is 1. The highest BCUT2D eigenvalue weighted by atomic mass is 32.1. The molecule has 0 amide bonds. The Labute approximate surface area is 181 Å². The molecule has 0 saturated heterocycles. The van der Waals surface area contributed by atoms with Crippen LogP contribution in [0.3, 0.4) is 0 Å². The minimum atomic E-state index is -0.332. The Balaban J connectivity index is 1.46. The van der Waals surface area contributed by atoms with Crippen LogP contribution in [0.2, 0.25) is 0 Å². The average molecular weight is 429 g/mol. The van der Waals surface area contributed by atoms with Crippen molar-refractivity contribution in [3.8, 4) is 11.5 Å². The highest BCUT2D eigenvalue weighted by Crippen LogP contribution is 2.52. The molecule has 160 valence electrons. The van der Waals surface area contributed by atoms with Gasteiger partial charge in [-0.3, -0.25) is 4.90 Å². The number of hydrogen-bond donors (Lipinski definition) is 0. The molecule has 3 aliphatic rings. The first kappa shape index (κ1) is 19.8. The quantitative estimate of drug-likeness (QED) is 0.669. The van der Waals surface area contributed by atoms with Gasteiger partial charge < -0.3 is 14.2 Å². The second-order valence-corrected chi connectivity index (χ2v) is 9.37. The molecule has 1 fully saturated rings. The number of benzene rings is 1. The Hall–Kier alpha value is -2.12. The molecule has 2 aromatic rings. The number of rotatable bonds is 4. The molecule has 1 unspecified atom stereocenters. The first-order valence-electron chi connectivity index (χ1n) is 10.9. The van der Waals surface area contributed by atoms with Gasteiger partial charge in [-0.15, -0.1) is 11.3 Å². The van der Waals surface area contributed by atoms with Crippen LogP contribution < -0.4 is 9.47 Å². The molecule has 0 N–H and O–H groups in total. The fourth-order valence-corrected chi connectivity index (χ4v) is 5.96. The van der Waals surface area contributed by atoms with Crippen LogP contribution in [0.4, 0.5) is 0 Å². The van der Waals surface area contributed by atoms with E-state index in [1.165, 1.54) is 48.1 Å². The first-order chi connectivity index (χ1) is 14.6. The van der Waals surface area contributed by atoms with Crippen LogP contribution >= 0.6 is 11.3 Å². The third-order valence-electron chi connectivity index (χ3n) is 6.72. The molecular weight excluding hydrogens is 400 g/mol. The molecule has 1 aromatic carbocycles. The highest BCUT2D eigenvalue weighted by Gasteiger charge is 2.45. The third-order valence-corrected chi connectivity index (χ3v) is 7.59. The summed E-state index contributed by atoms with van der Waals surface area (Å²) < 4.78 is 16.9. The van der Waals surface area contributed by atoms with Crippen molar-refractivity contribution in [1.29, 1.82) is 0 Å². The summed E-state index contributed by atoms with van der Waals surface area (Å²) in [6.45, 7) is 7.40. The highest BCUT2D eigenvalue weighted by molar-refractivity contribution is 7.11. The van der Waals surface area contributed by atoms with Gasteiger partial charge in [0, 0.05) is 29.9 Å². The Morgan fingerprint density at radius 1 is 1.27 bits per heavy atom. The number of hydrogen-bond acceptors (Lipinski definition) is 7. The van der Waals surface area contributed by atoms with Crippen molar-refractivity contribution < 1.29 is 19.0 Å². The van der Waals surface area contributed by atoms with Gasteiger partial charge in [-0.25, -0.2) is 9.78 Å². The molecule has 7 heteroatoms. The number of nitrogens with zero attached hydrogens (tertiary/aromatic N) is 2. The molecule has 1 atom stereocenters. The largest absolute Gasteiger partial charge is 0.486 e. The van der Waals surface area contributed by atoms with Gasteiger partial charge in [0.1, 0.15) is 13.2 Å². The number of ether oxygens (including phenoxy) is 3. The molecule has 1 saturated carbocycles. The van der Waals surface area contributed by atoms with Crippen LogP contribution in [0.15, 0.2) is 17.5 Å². The molecule has 2 aliphatic heterocycles. The number of carbonyl (C=O) groups is 1. The van der Waals surface area contributed by atoms with E-state index in [-0.39, 0.29) is 17.4 Å². The summed E-state index contributed by atoms with van der Waals surface area (Å²) in [7, 11) is 0. The van der Waals surface area contributed by atoms with Gasteiger partial charge in [0.15, 0.2) is 11.5 Å². The normalized spacial score (nSPS) is 22.1. The van der Waals surface area contributed by atoms with Crippen molar-refractivity contribution in [1.82, 2.24) is 9.88 Å². The minimum Gasteiger partial charge on any atom is -0.486 e. The lowest BCUT2D eigenvalue weighted by atomic mass is 9.71. The van der Waals surface area contributed by atoms with Crippen LogP contribution in [-0.2, 0) is 16.7 Å². The summed E-state index contributed by atoms with van der Waals surface area (Å²) >= 11 is 1.37. The standard InChI is InChI=1S/C23H28N2O4S/c1-3-27-22(26)21-24-16(13-30-21)12-25-14-23(6-4-5-7-23)18-11-20-19(28-8-9-29-20)10-17(18)15(25)2/h10-11,13,15H,3-9,12,14H2,1-2H3. The van der Waals surface area contributed by atoms with Crippen LogP contribution in [0.1, 0.15) is 72.2 Å². The van der Waals surface area contributed by atoms with Gasteiger partial charge in [-0.1, -0.05) is 12.8 Å². The summed E-state index contributed by atoms with van der Waals surface area (Å²) in [6, 6.07) is 4.70. The fourth-order valence-electron chi connectivity index (χ4n) is 5.26. The van der Waals surface area contributed by atoms with Gasteiger partial charge in [0.25, 0.3) is 0 Å². The van der Waals surface area contributed by atoms with E-state index in [1.54, 1.807) is 0 Å². The lowest BCUT2D eigenvalue weighted by Crippen LogP contribution is -2.45. The number of esters is 1. The van der Waals surface area contributed by atoms with Crippen LogP contribution in [0.25, 0.3) is 0 Å². The Morgan fingerprint density at radius 3 is 2.73 bits per heavy atom. The van der Waals surface area contributed by atoms with Gasteiger partial charge in [-0.05, 0) is 49.9 Å². The van der Waals surface area contributed by atoms with Crippen molar-refractivity contribution in [3.63, 3.8) is 0 Å². The van der Waals surface area contributed by atoms with E-state index in [4.69, 9.17) is 14.2 Å². The average Bonchev–Trinajstić information content (AvgIpc) is 3.42. The topological polar surface area (TPSA) is 60.9 Å². The maximum absolute atomic E-state index is 12.0. The zero-order valence-corrected chi connectivity index (χ0v) is 18.4. The Morgan fingerprint density at radius 2 is 2.00 bits per heavy atom. The molecule has 1 spiro atoms. The van der Waals surface area contributed by atoms with E-state index in [1.807, 2.05) is 12.3 Å². The maximum atomic E-state index is 12.0. The van der Waals surface area contributed by atoms with Crippen molar-refractivity contribution in [3.05, 3.63) is 39.3 Å². The Kier molecular flexibility index (Phi) is 5.19. The Bertz CT molecular complexity index is 951. The smallest absolute Gasteiger partial charge is 0.367 e. The third kappa shape index (κ3) is 3.38. The van der Waals surface area contributed by atoms with E-state index in [0.29, 0.717) is 24.8 Å². The predicted octanol–water partition coefficient (Wildman–Crippen LogP) is 4.48. The molecule has 5 rings (SSSR count). The monoisotopic (exact) mass is 428 g/mol. The lowest BCUT2D eigenvalue weighted by molar-refractivity contribution is 0.0525. The van der Waals surface area contributed by atoms with Gasteiger partial charge in [0.05, 0.1) is 12.3 Å². The zero-order chi connectivity index (χ0) is 20.7. The van der Waals surface area contributed by atoms with Crippen molar-refractivity contribution in [2.75, 3.05) is 26.4 Å².